The summed E-state index contributed by atoms with van der Waals surface area (Å²) < 4.78 is 2.70. The van der Waals surface area contributed by atoms with Crippen molar-refractivity contribution in [1.82, 2.24) is 14.3 Å². The molecule has 1 N–H and O–H groups in total. The molecular formula is C15H17N3O3. The van der Waals surface area contributed by atoms with Crippen molar-refractivity contribution >= 4 is 5.97 Å². The van der Waals surface area contributed by atoms with Crippen molar-refractivity contribution in [3.05, 3.63) is 51.7 Å². The Bertz CT molecular complexity index is 728. The molecule has 0 bridgehead atoms. The van der Waals surface area contributed by atoms with Crippen molar-refractivity contribution < 1.29 is 9.90 Å². The summed E-state index contributed by atoms with van der Waals surface area (Å²) in [5, 5.41) is 13.5. The molecule has 1 aliphatic heterocycles. The van der Waals surface area contributed by atoms with E-state index in [-0.39, 0.29) is 5.69 Å². The average Bonchev–Trinajstić information content (AvgIpc) is 2.78. The second-order valence-corrected chi connectivity index (χ2v) is 5.46. The lowest BCUT2D eigenvalue weighted by Gasteiger charge is -2.19. The third kappa shape index (κ3) is 2.49. The van der Waals surface area contributed by atoms with Crippen LogP contribution in [0.15, 0.2) is 29.1 Å². The van der Waals surface area contributed by atoms with E-state index in [9.17, 15) is 14.7 Å². The summed E-state index contributed by atoms with van der Waals surface area (Å²) in [6.07, 6.45) is 1.89. The molecule has 2 heterocycles. The Morgan fingerprint density at radius 1 is 1.38 bits per heavy atom. The third-order valence-corrected chi connectivity index (χ3v) is 3.87. The van der Waals surface area contributed by atoms with Crippen LogP contribution in [0.2, 0.25) is 0 Å². The topological polar surface area (TPSA) is 77.1 Å². The van der Waals surface area contributed by atoms with Crippen LogP contribution in [0, 0.1) is 6.92 Å². The molecule has 3 rings (SSSR count). The fourth-order valence-electron chi connectivity index (χ4n) is 2.73. The quantitative estimate of drug-likeness (QED) is 0.924. The molecule has 0 spiro atoms. The van der Waals surface area contributed by atoms with Crippen LogP contribution >= 0.6 is 0 Å². The third-order valence-electron chi connectivity index (χ3n) is 3.87. The Morgan fingerprint density at radius 2 is 2.10 bits per heavy atom. The highest BCUT2D eigenvalue weighted by Crippen LogP contribution is 2.21. The maximum Gasteiger partial charge on any atom is 0.347 e. The van der Waals surface area contributed by atoms with Gasteiger partial charge in [0.05, 0.1) is 6.54 Å². The van der Waals surface area contributed by atoms with E-state index in [4.69, 9.17) is 0 Å². The van der Waals surface area contributed by atoms with E-state index in [1.54, 1.807) is 0 Å². The van der Waals surface area contributed by atoms with Gasteiger partial charge in [0, 0.05) is 6.42 Å². The molecule has 1 aromatic heterocycles. The molecule has 0 unspecified atom stereocenters. The SMILES string of the molecule is Cc1ccc(Cn2nc3n(c2=O)[C@@H](C(=O)O)CCC3)cc1. The van der Waals surface area contributed by atoms with Gasteiger partial charge in [0.1, 0.15) is 11.9 Å². The Labute approximate surface area is 121 Å². The van der Waals surface area contributed by atoms with Gasteiger partial charge in [0.25, 0.3) is 0 Å². The first kappa shape index (κ1) is 13.6. The number of hydrogen-bond donors (Lipinski definition) is 1. The lowest BCUT2D eigenvalue weighted by atomic mass is 10.1. The van der Waals surface area contributed by atoms with Crippen LogP contribution in [0.25, 0.3) is 0 Å². The fourth-order valence-corrected chi connectivity index (χ4v) is 2.73. The summed E-state index contributed by atoms with van der Waals surface area (Å²) >= 11 is 0. The van der Waals surface area contributed by atoms with E-state index in [1.165, 1.54) is 9.25 Å². The number of nitrogens with zero attached hydrogens (tertiary/aromatic N) is 3. The van der Waals surface area contributed by atoms with Crippen molar-refractivity contribution in [2.75, 3.05) is 0 Å². The summed E-state index contributed by atoms with van der Waals surface area (Å²) in [6.45, 7) is 2.37. The van der Waals surface area contributed by atoms with Gasteiger partial charge in [0.2, 0.25) is 0 Å². The molecule has 0 saturated carbocycles. The number of carboxylic acid groups (broad SMARTS) is 1. The molecule has 6 heteroatoms. The Balaban J connectivity index is 1.96. The average molecular weight is 287 g/mol. The van der Waals surface area contributed by atoms with Crippen molar-refractivity contribution in [3.8, 4) is 0 Å². The largest absolute Gasteiger partial charge is 0.480 e. The number of aryl methyl sites for hydroxylation is 2. The summed E-state index contributed by atoms with van der Waals surface area (Å²) in [4.78, 5) is 23.7. The number of aromatic nitrogens is 3. The Hall–Kier alpha value is -2.37. The Kier molecular flexibility index (Phi) is 3.37. The van der Waals surface area contributed by atoms with Crippen molar-refractivity contribution in [3.63, 3.8) is 0 Å². The highest BCUT2D eigenvalue weighted by molar-refractivity contribution is 5.72. The van der Waals surface area contributed by atoms with Crippen LogP contribution < -0.4 is 5.69 Å². The summed E-state index contributed by atoms with van der Waals surface area (Å²) in [7, 11) is 0. The van der Waals surface area contributed by atoms with Crippen LogP contribution in [0.4, 0.5) is 0 Å². The van der Waals surface area contributed by atoms with E-state index in [2.05, 4.69) is 5.10 Å². The first-order valence-corrected chi connectivity index (χ1v) is 7.03. The zero-order valence-corrected chi connectivity index (χ0v) is 11.8. The molecule has 0 saturated heterocycles. The summed E-state index contributed by atoms with van der Waals surface area (Å²) in [6, 6.07) is 7.09. The number of fused-ring (bicyclic) bond motifs is 1. The van der Waals surface area contributed by atoms with Crippen molar-refractivity contribution in [2.45, 2.75) is 38.8 Å². The standard InChI is InChI=1S/C15H17N3O3/c1-10-5-7-11(8-6-10)9-17-15(21)18-12(14(19)20)3-2-4-13(18)16-17/h5-8,12H,2-4,9H2,1H3,(H,19,20)/t12-/m1/s1. The molecule has 0 fully saturated rings. The van der Waals surface area contributed by atoms with Gasteiger partial charge in [-0.2, -0.15) is 5.10 Å². The van der Waals surface area contributed by atoms with E-state index in [0.29, 0.717) is 25.2 Å². The van der Waals surface area contributed by atoms with E-state index >= 15 is 0 Å². The molecule has 2 aromatic rings. The zero-order valence-electron chi connectivity index (χ0n) is 11.8. The van der Waals surface area contributed by atoms with Gasteiger partial charge in [0.15, 0.2) is 0 Å². The lowest BCUT2D eigenvalue weighted by molar-refractivity contribution is -0.141. The zero-order chi connectivity index (χ0) is 15.0. The van der Waals surface area contributed by atoms with Crippen molar-refractivity contribution in [2.24, 2.45) is 0 Å². The second kappa shape index (κ2) is 5.20. The van der Waals surface area contributed by atoms with Crippen LogP contribution in [-0.4, -0.2) is 25.4 Å². The monoisotopic (exact) mass is 287 g/mol. The van der Waals surface area contributed by atoms with Crippen molar-refractivity contribution in [1.29, 1.82) is 0 Å². The molecule has 1 aromatic carbocycles. The molecule has 21 heavy (non-hydrogen) atoms. The fraction of sp³-hybridized carbons (Fsp3) is 0.400. The molecule has 110 valence electrons. The van der Waals surface area contributed by atoms with Gasteiger partial charge in [-0.15, -0.1) is 0 Å². The number of carbonyl (C=O) groups is 1. The van der Waals surface area contributed by atoms with Gasteiger partial charge in [-0.25, -0.2) is 14.3 Å². The molecule has 0 radical (unpaired) electrons. The lowest BCUT2D eigenvalue weighted by Crippen LogP contribution is -2.34. The maximum atomic E-state index is 12.4. The van der Waals surface area contributed by atoms with E-state index in [1.807, 2.05) is 31.2 Å². The predicted molar refractivity (Wildman–Crippen MR) is 76.4 cm³/mol. The molecular weight excluding hydrogens is 270 g/mol. The van der Waals surface area contributed by atoms with Crippen LogP contribution in [0.1, 0.15) is 35.8 Å². The second-order valence-electron chi connectivity index (χ2n) is 5.46. The van der Waals surface area contributed by atoms with Gasteiger partial charge in [-0.1, -0.05) is 29.8 Å². The highest BCUT2D eigenvalue weighted by atomic mass is 16.4. The minimum absolute atomic E-state index is 0.335. The van der Waals surface area contributed by atoms with E-state index in [0.717, 1.165) is 17.5 Å². The van der Waals surface area contributed by atoms with Crippen LogP contribution in [-0.2, 0) is 17.8 Å². The summed E-state index contributed by atoms with van der Waals surface area (Å²) in [5.74, 6) is -0.390. The van der Waals surface area contributed by atoms with Gasteiger partial charge < -0.3 is 5.11 Å². The Morgan fingerprint density at radius 3 is 2.76 bits per heavy atom. The smallest absolute Gasteiger partial charge is 0.347 e. The van der Waals surface area contributed by atoms with E-state index < -0.39 is 12.0 Å². The number of benzene rings is 1. The van der Waals surface area contributed by atoms with Crippen LogP contribution in [0.5, 0.6) is 0 Å². The van der Waals surface area contributed by atoms with Gasteiger partial charge in [-0.05, 0) is 25.3 Å². The minimum Gasteiger partial charge on any atom is -0.480 e. The molecule has 1 atom stereocenters. The molecule has 6 nitrogen and oxygen atoms in total. The molecule has 1 aliphatic rings. The number of carboxylic acids is 1. The number of aliphatic carboxylic acids is 1. The maximum absolute atomic E-state index is 12.4. The predicted octanol–water partition coefficient (Wildman–Crippen LogP) is 1.36. The highest BCUT2D eigenvalue weighted by Gasteiger charge is 2.30. The first-order valence-electron chi connectivity index (χ1n) is 7.03. The number of hydrogen-bond acceptors (Lipinski definition) is 3. The number of rotatable bonds is 3. The van der Waals surface area contributed by atoms with Gasteiger partial charge >= 0.3 is 11.7 Å². The molecule has 0 aliphatic carbocycles. The van der Waals surface area contributed by atoms with Crippen LogP contribution in [0.3, 0.4) is 0 Å². The molecule has 0 amide bonds. The van der Waals surface area contributed by atoms with Gasteiger partial charge in [-0.3, -0.25) is 4.57 Å². The first-order chi connectivity index (χ1) is 10.1. The normalized spacial score (nSPS) is 17.5. The minimum atomic E-state index is -0.965. The summed E-state index contributed by atoms with van der Waals surface area (Å²) in [5.41, 5.74) is 1.80.